The van der Waals surface area contributed by atoms with E-state index >= 15 is 0 Å². The van der Waals surface area contributed by atoms with Gasteiger partial charge in [-0.3, -0.25) is 9.36 Å². The minimum atomic E-state index is -0.412. The fourth-order valence-electron chi connectivity index (χ4n) is 3.09. The molecule has 0 aliphatic heterocycles. The van der Waals surface area contributed by atoms with Crippen LogP contribution in [0.2, 0.25) is 0 Å². The van der Waals surface area contributed by atoms with Gasteiger partial charge in [-0.15, -0.1) is 10.2 Å². The van der Waals surface area contributed by atoms with Crippen LogP contribution in [0, 0.1) is 0 Å². The smallest absolute Gasteiger partial charge is 0.323 e. The Kier molecular flexibility index (Phi) is 5.49. The molecule has 1 aromatic carbocycles. The molecule has 0 aliphatic rings. The topological polar surface area (TPSA) is 122 Å². The molecule has 4 rings (SSSR count). The number of nitrogens with zero attached hydrogens (tertiary/aromatic N) is 3. The number of furan rings is 1. The number of aromatic amines is 2. The number of hydrogen-bond acceptors (Lipinski definition) is 6. The highest BCUT2D eigenvalue weighted by Crippen LogP contribution is 2.27. The summed E-state index contributed by atoms with van der Waals surface area (Å²) in [5.41, 5.74) is 1.65. The lowest BCUT2D eigenvalue weighted by atomic mass is 10.2. The van der Waals surface area contributed by atoms with Crippen molar-refractivity contribution >= 4 is 34.4 Å². The van der Waals surface area contributed by atoms with Crippen LogP contribution >= 0.6 is 11.8 Å². The summed E-state index contributed by atoms with van der Waals surface area (Å²) in [5.74, 6) is 1.64. The zero-order valence-electron chi connectivity index (χ0n) is 16.8. The molecule has 10 heteroatoms. The van der Waals surface area contributed by atoms with E-state index < -0.39 is 5.25 Å². The van der Waals surface area contributed by atoms with Crippen molar-refractivity contribution in [1.29, 1.82) is 0 Å². The first-order valence-corrected chi connectivity index (χ1v) is 10.4. The number of hydrogen-bond donors (Lipinski definition) is 3. The van der Waals surface area contributed by atoms with Crippen molar-refractivity contribution in [1.82, 2.24) is 24.7 Å². The number of amides is 1. The molecule has 4 aromatic rings. The summed E-state index contributed by atoms with van der Waals surface area (Å²) in [6.07, 6.45) is 1.63. The molecule has 0 aliphatic carbocycles. The SMILES string of the molecule is CC(Sc1nnc(C(C)C)n1Cc1ccco1)C(=O)Nc1ccc2[nH]c(=O)[nH]c2c1. The Morgan fingerprint density at radius 3 is 2.73 bits per heavy atom. The highest BCUT2D eigenvalue weighted by molar-refractivity contribution is 8.00. The second kappa shape index (κ2) is 8.23. The van der Waals surface area contributed by atoms with Crippen molar-refractivity contribution in [3.05, 3.63) is 58.7 Å². The van der Waals surface area contributed by atoms with Crippen LogP contribution in [-0.4, -0.2) is 35.9 Å². The number of nitrogens with one attached hydrogen (secondary N) is 3. The quantitative estimate of drug-likeness (QED) is 0.390. The average Bonchev–Trinajstić information content (AvgIpc) is 3.42. The molecule has 0 radical (unpaired) electrons. The maximum atomic E-state index is 12.7. The summed E-state index contributed by atoms with van der Waals surface area (Å²) < 4.78 is 7.45. The van der Waals surface area contributed by atoms with Crippen molar-refractivity contribution in [2.24, 2.45) is 0 Å². The molecule has 9 nitrogen and oxygen atoms in total. The second-order valence-corrected chi connectivity index (χ2v) is 8.56. The minimum absolute atomic E-state index is 0.170. The third-order valence-electron chi connectivity index (χ3n) is 4.59. The first-order valence-electron chi connectivity index (χ1n) is 9.55. The third kappa shape index (κ3) is 4.18. The molecule has 30 heavy (non-hydrogen) atoms. The number of carbonyl (C=O) groups is 1. The van der Waals surface area contributed by atoms with Crippen molar-refractivity contribution in [3.63, 3.8) is 0 Å². The fraction of sp³-hybridized carbons (Fsp3) is 0.300. The average molecular weight is 427 g/mol. The monoisotopic (exact) mass is 426 g/mol. The van der Waals surface area contributed by atoms with Crippen molar-refractivity contribution in [2.45, 2.75) is 43.6 Å². The van der Waals surface area contributed by atoms with E-state index in [4.69, 9.17) is 4.42 Å². The Hall–Kier alpha value is -3.27. The van der Waals surface area contributed by atoms with Crippen LogP contribution in [-0.2, 0) is 11.3 Å². The van der Waals surface area contributed by atoms with E-state index in [1.54, 1.807) is 24.5 Å². The summed E-state index contributed by atoms with van der Waals surface area (Å²) in [6.45, 7) is 6.42. The number of imidazole rings is 1. The lowest BCUT2D eigenvalue weighted by Crippen LogP contribution is -2.23. The molecular formula is C20H22N6O3S. The van der Waals surface area contributed by atoms with Gasteiger partial charge in [0.05, 0.1) is 29.1 Å². The van der Waals surface area contributed by atoms with E-state index in [0.29, 0.717) is 28.4 Å². The van der Waals surface area contributed by atoms with E-state index in [-0.39, 0.29) is 17.5 Å². The summed E-state index contributed by atoms with van der Waals surface area (Å²) in [4.78, 5) is 29.5. The van der Waals surface area contributed by atoms with Crippen LogP contribution < -0.4 is 11.0 Å². The number of aromatic nitrogens is 5. The van der Waals surface area contributed by atoms with Gasteiger partial charge < -0.3 is 19.7 Å². The molecule has 1 unspecified atom stereocenters. The zero-order valence-corrected chi connectivity index (χ0v) is 17.6. The summed E-state index contributed by atoms with van der Waals surface area (Å²) >= 11 is 1.34. The van der Waals surface area contributed by atoms with E-state index in [1.165, 1.54) is 11.8 Å². The first kappa shape index (κ1) is 20.0. The molecular weight excluding hydrogens is 404 g/mol. The Morgan fingerprint density at radius 2 is 2.00 bits per heavy atom. The van der Waals surface area contributed by atoms with Gasteiger partial charge in [0.2, 0.25) is 5.91 Å². The minimum Gasteiger partial charge on any atom is -0.467 e. The van der Waals surface area contributed by atoms with Crippen LogP contribution in [0.5, 0.6) is 0 Å². The molecule has 0 saturated carbocycles. The number of benzene rings is 1. The van der Waals surface area contributed by atoms with E-state index in [9.17, 15) is 9.59 Å². The summed E-state index contributed by atoms with van der Waals surface area (Å²) in [6, 6.07) is 8.95. The number of carbonyl (C=O) groups excluding carboxylic acids is 1. The van der Waals surface area contributed by atoms with Crippen LogP contribution in [0.3, 0.4) is 0 Å². The third-order valence-corrected chi connectivity index (χ3v) is 5.67. The van der Waals surface area contributed by atoms with Gasteiger partial charge in [0.25, 0.3) is 0 Å². The lowest BCUT2D eigenvalue weighted by molar-refractivity contribution is -0.115. The Labute approximate surface area is 176 Å². The van der Waals surface area contributed by atoms with Gasteiger partial charge in [-0.05, 0) is 37.3 Å². The van der Waals surface area contributed by atoms with Crippen LogP contribution in [0.15, 0.2) is 51.0 Å². The highest BCUT2D eigenvalue weighted by Gasteiger charge is 2.22. The predicted molar refractivity (Wildman–Crippen MR) is 115 cm³/mol. The van der Waals surface area contributed by atoms with Gasteiger partial charge in [-0.25, -0.2) is 4.79 Å². The zero-order chi connectivity index (χ0) is 21.3. The van der Waals surface area contributed by atoms with Crippen molar-refractivity contribution < 1.29 is 9.21 Å². The van der Waals surface area contributed by atoms with Crippen molar-refractivity contribution in [2.75, 3.05) is 5.32 Å². The van der Waals surface area contributed by atoms with E-state index in [0.717, 1.165) is 11.6 Å². The van der Waals surface area contributed by atoms with Crippen LogP contribution in [0.25, 0.3) is 11.0 Å². The number of thioether (sulfide) groups is 1. The normalized spacial score (nSPS) is 12.5. The first-order chi connectivity index (χ1) is 14.4. The Balaban J connectivity index is 1.50. The van der Waals surface area contributed by atoms with Gasteiger partial charge in [-0.2, -0.15) is 0 Å². The molecule has 3 heterocycles. The molecule has 156 valence electrons. The van der Waals surface area contributed by atoms with Crippen LogP contribution in [0.4, 0.5) is 5.69 Å². The van der Waals surface area contributed by atoms with Gasteiger partial charge in [0.15, 0.2) is 5.16 Å². The van der Waals surface area contributed by atoms with Crippen molar-refractivity contribution in [3.8, 4) is 0 Å². The van der Waals surface area contributed by atoms with Gasteiger partial charge in [-0.1, -0.05) is 25.6 Å². The summed E-state index contributed by atoms with van der Waals surface area (Å²) in [7, 11) is 0. The molecule has 3 aromatic heterocycles. The Morgan fingerprint density at radius 1 is 1.20 bits per heavy atom. The number of fused-ring (bicyclic) bond motifs is 1. The van der Waals surface area contributed by atoms with Crippen LogP contribution in [0.1, 0.15) is 38.3 Å². The maximum absolute atomic E-state index is 12.7. The molecule has 1 amide bonds. The van der Waals surface area contributed by atoms with Gasteiger partial charge >= 0.3 is 5.69 Å². The second-order valence-electron chi connectivity index (χ2n) is 7.25. The van der Waals surface area contributed by atoms with E-state index in [2.05, 4.69) is 39.3 Å². The Bertz CT molecular complexity index is 1220. The molecule has 0 fully saturated rings. The number of anilines is 1. The predicted octanol–water partition coefficient (Wildman–Crippen LogP) is 3.33. The number of rotatable bonds is 7. The lowest BCUT2D eigenvalue weighted by Gasteiger charge is -2.14. The van der Waals surface area contributed by atoms with Gasteiger partial charge in [0.1, 0.15) is 11.6 Å². The number of H-pyrrole nitrogens is 2. The molecule has 0 spiro atoms. The summed E-state index contributed by atoms with van der Waals surface area (Å²) in [5, 5.41) is 11.7. The standard InChI is InChI=1S/C20H22N6O3S/c1-11(2)17-24-25-20(26(17)10-14-5-4-8-29-14)30-12(3)18(27)21-13-6-7-15-16(9-13)23-19(28)22-15/h4-9,11-12H,10H2,1-3H3,(H,21,27)(H2,22,23,28). The molecule has 0 bridgehead atoms. The molecule has 1 atom stereocenters. The fourth-order valence-corrected chi connectivity index (χ4v) is 3.94. The molecule has 3 N–H and O–H groups in total. The maximum Gasteiger partial charge on any atom is 0.323 e. The highest BCUT2D eigenvalue weighted by atomic mass is 32.2. The molecule has 0 saturated heterocycles. The van der Waals surface area contributed by atoms with Gasteiger partial charge in [0, 0.05) is 11.6 Å². The van der Waals surface area contributed by atoms with E-state index in [1.807, 2.05) is 23.6 Å². The largest absolute Gasteiger partial charge is 0.467 e.